The third kappa shape index (κ3) is 10.4. The molecule has 0 spiro atoms. The maximum atomic E-state index is 14.8. The summed E-state index contributed by atoms with van der Waals surface area (Å²) >= 11 is 1.46. The molecule has 360 valence electrons. The summed E-state index contributed by atoms with van der Waals surface area (Å²) in [6, 6.07) is 26.1. The zero-order chi connectivity index (χ0) is 48.3. The van der Waals surface area contributed by atoms with Crippen LogP contribution in [0.2, 0.25) is 0 Å². The number of carbonyl (C=O) groups excluding carboxylic acids is 4. The first-order valence-corrected chi connectivity index (χ1v) is 25.0. The normalized spacial score (nSPS) is 22.0. The van der Waals surface area contributed by atoms with Crippen molar-refractivity contribution in [1.82, 2.24) is 30.2 Å². The number of thioether (sulfide) groups is 1. The van der Waals surface area contributed by atoms with Crippen molar-refractivity contribution in [1.29, 1.82) is 0 Å². The van der Waals surface area contributed by atoms with Crippen molar-refractivity contribution in [2.24, 2.45) is 11.3 Å². The number of aryl methyl sites for hydroxylation is 1. The number of hydrogen-bond donors (Lipinski definition) is 2. The predicted molar refractivity (Wildman–Crippen MR) is 266 cm³/mol. The second kappa shape index (κ2) is 21.0. The Kier molecular flexibility index (Phi) is 15.1. The Morgan fingerprint density at radius 2 is 1.78 bits per heavy atom. The summed E-state index contributed by atoms with van der Waals surface area (Å²) in [5.74, 6) is -1.87. The molecule has 6 bridgehead atoms. The van der Waals surface area contributed by atoms with Crippen LogP contribution in [0.15, 0.2) is 91.1 Å². The van der Waals surface area contributed by atoms with E-state index < -0.39 is 40.9 Å². The van der Waals surface area contributed by atoms with Crippen LogP contribution in [0, 0.1) is 11.3 Å². The second-order valence-electron chi connectivity index (χ2n) is 19.5. The summed E-state index contributed by atoms with van der Waals surface area (Å²) in [6.07, 6.45) is 4.12. The highest BCUT2D eigenvalue weighted by atomic mass is 32.2. The molecule has 0 aliphatic carbocycles. The van der Waals surface area contributed by atoms with Crippen LogP contribution < -0.4 is 10.7 Å². The maximum Gasteiger partial charge on any atom is 0.324 e. The van der Waals surface area contributed by atoms with Gasteiger partial charge in [-0.25, -0.2) is 5.43 Å². The molecule has 2 N–H and O–H groups in total. The molecule has 2 aromatic heterocycles. The van der Waals surface area contributed by atoms with Crippen molar-refractivity contribution >= 4 is 46.4 Å². The summed E-state index contributed by atoms with van der Waals surface area (Å²) in [5, 5.41) is 5.72. The van der Waals surface area contributed by atoms with Gasteiger partial charge >= 0.3 is 5.97 Å². The molecule has 5 heterocycles. The number of cyclic esters (lactones) is 1. The van der Waals surface area contributed by atoms with Crippen LogP contribution in [0.25, 0.3) is 33.3 Å². The van der Waals surface area contributed by atoms with Crippen molar-refractivity contribution in [3.63, 3.8) is 0 Å². The number of carbonyl (C=O) groups is 4. The summed E-state index contributed by atoms with van der Waals surface area (Å²) in [4.78, 5) is 63.9. The number of pyridine rings is 1. The number of rotatable bonds is 10. The molecule has 0 saturated carbocycles. The molecule has 5 aromatic rings. The first-order valence-electron chi connectivity index (χ1n) is 24.0. The molecule has 8 rings (SSSR count). The van der Waals surface area contributed by atoms with E-state index in [0.29, 0.717) is 39.0 Å². The van der Waals surface area contributed by atoms with Crippen LogP contribution in [0.4, 0.5) is 0 Å². The maximum absolute atomic E-state index is 14.8. The van der Waals surface area contributed by atoms with Crippen LogP contribution in [-0.4, -0.2) is 101 Å². The van der Waals surface area contributed by atoms with Gasteiger partial charge in [0, 0.05) is 67.0 Å². The number of methoxy groups -OCH3 is 1. The van der Waals surface area contributed by atoms with Crippen molar-refractivity contribution in [3.8, 4) is 22.4 Å². The highest BCUT2D eigenvalue weighted by Gasteiger charge is 2.40. The lowest BCUT2D eigenvalue weighted by molar-refractivity contribution is -0.155. The zero-order valence-electron chi connectivity index (χ0n) is 40.6. The Morgan fingerprint density at radius 1 is 1.00 bits per heavy atom. The Morgan fingerprint density at radius 3 is 2.53 bits per heavy atom. The molecule has 13 nitrogen and oxygen atoms in total. The first-order chi connectivity index (χ1) is 32.7. The SMILES string of the molecule is CCn1c(-c2cccnc2[C@H](C)OC)c2c3cc(ccc31)-c1cccc(c1)C[C@H](NC(=O)[C@H](C(C)C)N(C)C(=O)[C@H]1OCC[C@@H](c3ccccc3)S1)C(=O)N1CCC[C@H](N1)C(=O)OCC(C)(C)C2. The third-order valence-electron chi connectivity index (χ3n) is 13.6. The number of benzene rings is 3. The van der Waals surface area contributed by atoms with E-state index in [1.807, 2.05) is 57.2 Å². The lowest BCUT2D eigenvalue weighted by Crippen LogP contribution is -2.62. The van der Waals surface area contributed by atoms with E-state index >= 15 is 0 Å². The molecular weight excluding hydrogens is 877 g/mol. The smallest absolute Gasteiger partial charge is 0.324 e. The Labute approximate surface area is 404 Å². The van der Waals surface area contributed by atoms with Crippen LogP contribution in [0.1, 0.15) is 94.5 Å². The molecule has 2 fully saturated rings. The van der Waals surface area contributed by atoms with E-state index in [4.69, 9.17) is 19.2 Å². The zero-order valence-corrected chi connectivity index (χ0v) is 41.4. The van der Waals surface area contributed by atoms with Crippen molar-refractivity contribution in [3.05, 3.63) is 114 Å². The molecular formula is C54H66N6O7S. The van der Waals surface area contributed by atoms with E-state index in [1.165, 1.54) is 21.7 Å². The molecule has 3 amide bonds. The minimum absolute atomic E-state index is 0.0766. The summed E-state index contributed by atoms with van der Waals surface area (Å²) in [6.45, 7) is 13.8. The second-order valence-corrected chi connectivity index (χ2v) is 20.8. The molecule has 3 aliphatic rings. The molecule has 0 radical (unpaired) electrons. The van der Waals surface area contributed by atoms with Crippen LogP contribution >= 0.6 is 11.8 Å². The van der Waals surface area contributed by atoms with Gasteiger partial charge in [0.2, 0.25) is 5.91 Å². The molecule has 68 heavy (non-hydrogen) atoms. The van der Waals surface area contributed by atoms with Gasteiger partial charge in [-0.15, -0.1) is 11.8 Å². The summed E-state index contributed by atoms with van der Waals surface area (Å²) in [5.41, 5.74) is 10.9. The van der Waals surface area contributed by atoms with Gasteiger partial charge in [0.15, 0.2) is 5.44 Å². The third-order valence-corrected chi connectivity index (χ3v) is 15.0. The van der Waals surface area contributed by atoms with E-state index in [-0.39, 0.29) is 42.1 Å². The van der Waals surface area contributed by atoms with Gasteiger partial charge in [-0.1, -0.05) is 88.4 Å². The number of nitrogens with zero attached hydrogens (tertiary/aromatic N) is 4. The van der Waals surface area contributed by atoms with Crippen molar-refractivity contribution in [2.45, 2.75) is 115 Å². The number of ether oxygens (including phenoxy) is 3. The predicted octanol–water partition coefficient (Wildman–Crippen LogP) is 8.45. The Balaban J connectivity index is 1.16. The van der Waals surface area contributed by atoms with Crippen LogP contribution in [0.5, 0.6) is 0 Å². The standard InChI is InChI=1S/C54H66N6O7S/c1-9-59-44-23-22-38-30-40(44)41(48(59)39-20-14-25-55-46(39)34(4)65-8)31-54(5,6)32-67-52(64)42-21-15-26-60(57-42)50(62)43(29-35-16-13-19-37(38)28-35)56-49(61)47(33(2)3)58(7)51(63)53-66-27-24-45(68-53)36-17-11-10-12-18-36/h10-14,16-20,22-23,25,28,30,33-34,42-43,45,47,53,57H,9,15,21,24,26-27,29,31-32H2,1-8H3,(H,56,61)/t34-,42-,43-,45-,47-,53-/m0/s1. The van der Waals surface area contributed by atoms with Gasteiger partial charge in [-0.05, 0) is 97.5 Å². The van der Waals surface area contributed by atoms with Gasteiger partial charge in [0.25, 0.3) is 11.8 Å². The topological polar surface area (TPSA) is 144 Å². The average molecular weight is 943 g/mol. The van der Waals surface area contributed by atoms with Crippen molar-refractivity contribution < 1.29 is 33.4 Å². The largest absolute Gasteiger partial charge is 0.464 e. The van der Waals surface area contributed by atoms with E-state index in [9.17, 15) is 19.2 Å². The lowest BCUT2D eigenvalue weighted by Gasteiger charge is -2.37. The van der Waals surface area contributed by atoms with Gasteiger partial charge in [0.05, 0.1) is 30.7 Å². The minimum atomic E-state index is -1.04. The van der Waals surface area contributed by atoms with Gasteiger partial charge in [-0.3, -0.25) is 29.2 Å². The fraction of sp³-hybridized carbons (Fsp3) is 0.463. The molecule has 6 atom stereocenters. The van der Waals surface area contributed by atoms with Crippen LogP contribution in [-0.2, 0) is 52.8 Å². The highest BCUT2D eigenvalue weighted by molar-refractivity contribution is 8.00. The highest BCUT2D eigenvalue weighted by Crippen LogP contribution is 2.43. The van der Waals surface area contributed by atoms with Crippen LogP contribution in [0.3, 0.4) is 0 Å². The number of hydrogen-bond acceptors (Lipinski definition) is 10. The Bertz CT molecular complexity index is 2630. The average Bonchev–Trinajstić information content (AvgIpc) is 3.65. The molecule has 0 unspecified atom stereocenters. The van der Waals surface area contributed by atoms with Crippen molar-refractivity contribution in [2.75, 3.05) is 33.9 Å². The van der Waals surface area contributed by atoms with E-state index in [2.05, 4.69) is 84.6 Å². The number of amides is 3. The number of hydrazine groups is 1. The summed E-state index contributed by atoms with van der Waals surface area (Å²) < 4.78 is 20.3. The molecule has 14 heteroatoms. The quantitative estimate of drug-likeness (QED) is 0.131. The fourth-order valence-corrected chi connectivity index (χ4v) is 11.4. The van der Waals surface area contributed by atoms with E-state index in [0.717, 1.165) is 62.1 Å². The first kappa shape index (κ1) is 48.9. The lowest BCUT2D eigenvalue weighted by atomic mass is 9.84. The molecule has 3 aromatic carbocycles. The van der Waals surface area contributed by atoms with Gasteiger partial charge in [0.1, 0.15) is 18.1 Å². The number of fused-ring (bicyclic) bond motifs is 6. The number of esters is 1. The number of aromatic nitrogens is 2. The van der Waals surface area contributed by atoms with Gasteiger partial charge in [-0.2, -0.15) is 0 Å². The fourth-order valence-electron chi connectivity index (χ4n) is 10.1. The molecule has 2 saturated heterocycles. The van der Waals surface area contributed by atoms with Gasteiger partial charge < -0.3 is 29.0 Å². The minimum Gasteiger partial charge on any atom is -0.464 e. The van der Waals surface area contributed by atoms with E-state index in [1.54, 1.807) is 20.4 Å². The number of likely N-dealkylation sites (N-methyl/N-ethyl adjacent to an activating group) is 1. The summed E-state index contributed by atoms with van der Waals surface area (Å²) in [7, 11) is 3.33. The molecule has 3 aliphatic heterocycles. The number of nitrogens with one attached hydrogen (secondary N) is 2. The Hall–Kier alpha value is -5.54. The monoisotopic (exact) mass is 942 g/mol.